The number of hydrogen-bond donors (Lipinski definition) is 1. The molecule has 0 radical (unpaired) electrons. The van der Waals surface area contributed by atoms with E-state index in [-0.39, 0.29) is 24.3 Å². The fraction of sp³-hybridized carbons (Fsp3) is 0.103. The second-order valence-electron chi connectivity index (χ2n) is 8.41. The molecule has 1 aliphatic heterocycles. The largest absolute Gasteiger partial charge is 0.493 e. The molecule has 0 unspecified atom stereocenters. The van der Waals surface area contributed by atoms with Crippen LogP contribution >= 0.6 is 0 Å². The lowest BCUT2D eigenvalue weighted by atomic mass is 10.1. The molecule has 0 saturated carbocycles. The number of benzene rings is 3. The van der Waals surface area contributed by atoms with Gasteiger partial charge in [0.15, 0.2) is 11.5 Å². The Morgan fingerprint density at radius 3 is 2.32 bits per heavy atom. The molecule has 0 aliphatic carbocycles. The number of rotatable bonds is 8. The molecule has 184 valence electrons. The first-order chi connectivity index (χ1) is 18.0. The zero-order valence-corrected chi connectivity index (χ0v) is 20.0. The maximum atomic E-state index is 13.0. The van der Waals surface area contributed by atoms with Crippen molar-refractivity contribution in [3.63, 3.8) is 0 Å². The molecule has 8 heteroatoms. The fourth-order valence-electron chi connectivity index (χ4n) is 4.09. The summed E-state index contributed by atoms with van der Waals surface area (Å²) in [7, 11) is 1.55. The van der Waals surface area contributed by atoms with Gasteiger partial charge < -0.3 is 14.8 Å². The summed E-state index contributed by atoms with van der Waals surface area (Å²) in [6.07, 6.45) is 3.40. The van der Waals surface area contributed by atoms with Crippen LogP contribution in [0.15, 0.2) is 91.3 Å². The first-order valence-electron chi connectivity index (χ1n) is 11.6. The van der Waals surface area contributed by atoms with Gasteiger partial charge in [-0.3, -0.25) is 24.3 Å². The van der Waals surface area contributed by atoms with E-state index in [0.717, 1.165) is 5.56 Å². The predicted molar refractivity (Wildman–Crippen MR) is 137 cm³/mol. The minimum absolute atomic E-state index is 0.0718. The summed E-state index contributed by atoms with van der Waals surface area (Å²) in [6.45, 7) is 0.365. The topological polar surface area (TPSA) is 97.8 Å². The lowest BCUT2D eigenvalue weighted by Crippen LogP contribution is -2.29. The lowest BCUT2D eigenvalue weighted by Gasteiger charge is -2.15. The molecule has 0 atom stereocenters. The van der Waals surface area contributed by atoms with Crippen molar-refractivity contribution in [2.45, 2.75) is 13.2 Å². The molecule has 8 nitrogen and oxygen atoms in total. The number of nitrogens with one attached hydrogen (secondary N) is 1. The highest BCUT2D eigenvalue weighted by Gasteiger charge is 2.35. The number of nitrogens with zero attached hydrogens (tertiary/aromatic N) is 2. The second kappa shape index (κ2) is 10.3. The van der Waals surface area contributed by atoms with Crippen molar-refractivity contribution in [3.05, 3.63) is 119 Å². The molecule has 0 bridgehead atoms. The van der Waals surface area contributed by atoms with E-state index >= 15 is 0 Å². The standard InChI is InChI=1S/C29H23N3O5/c1-36-25-12-11-22(15-26(25)37-18-20-7-5-13-30-16-20)31-27(33)21-8-4-6-19(14-21)17-32-28(34)23-9-2-3-10-24(23)29(32)35/h2-16H,17-18H2,1H3,(H,31,33). The van der Waals surface area contributed by atoms with Gasteiger partial charge in [0.2, 0.25) is 0 Å². The number of carbonyl (C=O) groups excluding carboxylic acids is 3. The van der Waals surface area contributed by atoms with Crippen LogP contribution in [0.4, 0.5) is 5.69 Å². The highest BCUT2D eigenvalue weighted by atomic mass is 16.5. The van der Waals surface area contributed by atoms with Gasteiger partial charge in [-0.15, -0.1) is 0 Å². The highest BCUT2D eigenvalue weighted by Crippen LogP contribution is 2.31. The average molecular weight is 494 g/mol. The van der Waals surface area contributed by atoms with Gasteiger partial charge in [-0.1, -0.05) is 30.3 Å². The first-order valence-corrected chi connectivity index (χ1v) is 11.6. The maximum absolute atomic E-state index is 13.0. The zero-order valence-electron chi connectivity index (χ0n) is 20.0. The summed E-state index contributed by atoms with van der Waals surface area (Å²) in [6, 6.07) is 22.4. The molecule has 1 aliphatic rings. The van der Waals surface area contributed by atoms with Gasteiger partial charge >= 0.3 is 0 Å². The number of anilines is 1. The Hall–Kier alpha value is -4.98. The van der Waals surface area contributed by atoms with Crippen molar-refractivity contribution in [2.75, 3.05) is 12.4 Å². The Kier molecular flexibility index (Phi) is 6.63. The van der Waals surface area contributed by atoms with Gasteiger partial charge in [-0.2, -0.15) is 0 Å². The number of carbonyl (C=O) groups is 3. The molecule has 4 aromatic rings. The fourth-order valence-corrected chi connectivity index (χ4v) is 4.09. The van der Waals surface area contributed by atoms with Gasteiger partial charge in [-0.05, 0) is 48.0 Å². The van der Waals surface area contributed by atoms with Crippen molar-refractivity contribution in [1.82, 2.24) is 9.88 Å². The maximum Gasteiger partial charge on any atom is 0.261 e. The van der Waals surface area contributed by atoms with Gasteiger partial charge in [0.1, 0.15) is 6.61 Å². The van der Waals surface area contributed by atoms with Crippen molar-refractivity contribution < 1.29 is 23.9 Å². The molecule has 0 spiro atoms. The third-order valence-electron chi connectivity index (χ3n) is 5.95. The Morgan fingerprint density at radius 1 is 0.865 bits per heavy atom. The van der Waals surface area contributed by atoms with Gasteiger partial charge in [0.05, 0.1) is 24.8 Å². The third-order valence-corrected chi connectivity index (χ3v) is 5.95. The zero-order chi connectivity index (χ0) is 25.8. The van der Waals surface area contributed by atoms with Crippen LogP contribution in [0.2, 0.25) is 0 Å². The number of aromatic nitrogens is 1. The smallest absolute Gasteiger partial charge is 0.261 e. The quantitative estimate of drug-likeness (QED) is 0.357. The summed E-state index contributed by atoms with van der Waals surface area (Å²) in [5.41, 5.74) is 3.26. The molecule has 0 fully saturated rings. The van der Waals surface area contributed by atoms with E-state index in [1.807, 2.05) is 12.1 Å². The summed E-state index contributed by atoms with van der Waals surface area (Å²) in [4.78, 5) is 43.7. The average Bonchev–Trinajstić information content (AvgIpc) is 3.17. The van der Waals surface area contributed by atoms with Crippen LogP contribution in [0.25, 0.3) is 0 Å². The van der Waals surface area contributed by atoms with Gasteiger partial charge in [0.25, 0.3) is 17.7 Å². The molecular formula is C29H23N3O5. The molecule has 0 saturated heterocycles. The van der Waals surface area contributed by atoms with E-state index in [0.29, 0.717) is 46.0 Å². The molecular weight excluding hydrogens is 470 g/mol. The normalized spacial score (nSPS) is 12.3. The van der Waals surface area contributed by atoms with Gasteiger partial charge in [-0.25, -0.2) is 0 Å². The number of hydrogen-bond acceptors (Lipinski definition) is 6. The number of amides is 3. The number of methoxy groups -OCH3 is 1. The molecule has 3 amide bonds. The van der Waals surface area contributed by atoms with Crippen molar-refractivity contribution in [1.29, 1.82) is 0 Å². The predicted octanol–water partition coefficient (Wildman–Crippen LogP) is 4.72. The second-order valence-corrected chi connectivity index (χ2v) is 8.41. The van der Waals surface area contributed by atoms with Crippen molar-refractivity contribution >= 4 is 23.4 Å². The van der Waals surface area contributed by atoms with Crippen LogP contribution in [-0.4, -0.2) is 34.7 Å². The van der Waals surface area contributed by atoms with E-state index < -0.39 is 0 Å². The Labute approximate surface area is 213 Å². The van der Waals surface area contributed by atoms with Crippen LogP contribution in [-0.2, 0) is 13.2 Å². The third kappa shape index (κ3) is 5.04. The van der Waals surface area contributed by atoms with Crippen LogP contribution in [0.3, 0.4) is 0 Å². The summed E-state index contributed by atoms with van der Waals surface area (Å²) >= 11 is 0. The Bertz CT molecular complexity index is 1450. The molecule has 37 heavy (non-hydrogen) atoms. The Balaban J connectivity index is 1.29. The monoisotopic (exact) mass is 493 g/mol. The SMILES string of the molecule is COc1ccc(NC(=O)c2cccc(CN3C(=O)c4ccccc4C3=O)c2)cc1OCc1cccnc1. The lowest BCUT2D eigenvalue weighted by molar-refractivity contribution is 0.0642. The highest BCUT2D eigenvalue weighted by molar-refractivity contribution is 6.21. The van der Waals surface area contributed by atoms with Crippen molar-refractivity contribution in [2.24, 2.45) is 0 Å². The van der Waals surface area contributed by atoms with Crippen LogP contribution in [0, 0.1) is 0 Å². The molecule has 1 N–H and O–H groups in total. The number of fused-ring (bicyclic) bond motifs is 1. The summed E-state index contributed by atoms with van der Waals surface area (Å²) < 4.78 is 11.3. The van der Waals surface area contributed by atoms with Crippen LogP contribution in [0.1, 0.15) is 42.2 Å². The first kappa shape index (κ1) is 23.7. The summed E-state index contributed by atoms with van der Waals surface area (Å²) in [5, 5.41) is 2.87. The number of pyridine rings is 1. The number of imide groups is 1. The molecule has 3 aromatic carbocycles. The van der Waals surface area contributed by atoms with E-state index in [4.69, 9.17) is 9.47 Å². The Morgan fingerprint density at radius 2 is 1.62 bits per heavy atom. The van der Waals surface area contributed by atoms with E-state index in [2.05, 4.69) is 10.3 Å². The van der Waals surface area contributed by atoms with Crippen LogP contribution < -0.4 is 14.8 Å². The van der Waals surface area contributed by atoms with Gasteiger partial charge in [0, 0.05) is 35.3 Å². The molecule has 2 heterocycles. The van der Waals surface area contributed by atoms with E-state index in [1.54, 1.807) is 86.2 Å². The summed E-state index contributed by atoms with van der Waals surface area (Å²) in [5.74, 6) is -0.0130. The van der Waals surface area contributed by atoms with Crippen molar-refractivity contribution in [3.8, 4) is 11.5 Å². The van der Waals surface area contributed by atoms with E-state index in [9.17, 15) is 14.4 Å². The molecule has 5 rings (SSSR count). The number of ether oxygens (including phenoxy) is 2. The minimum Gasteiger partial charge on any atom is -0.493 e. The minimum atomic E-state index is -0.340. The van der Waals surface area contributed by atoms with Crippen LogP contribution in [0.5, 0.6) is 11.5 Å². The van der Waals surface area contributed by atoms with E-state index in [1.165, 1.54) is 4.90 Å². The molecule has 1 aromatic heterocycles.